The van der Waals surface area contributed by atoms with Gasteiger partial charge in [0.2, 0.25) is 0 Å². The summed E-state index contributed by atoms with van der Waals surface area (Å²) in [6.07, 6.45) is 0. The fourth-order valence-corrected chi connectivity index (χ4v) is 5.01. The van der Waals surface area contributed by atoms with Crippen LogP contribution < -0.4 is 0 Å². The third kappa shape index (κ3) is 6.37. The molecule has 10 heteroatoms. The first kappa shape index (κ1) is 30.4. The Balaban J connectivity index is 2.59. The van der Waals surface area contributed by atoms with Gasteiger partial charge in [0.25, 0.3) is 0 Å². The summed E-state index contributed by atoms with van der Waals surface area (Å²) in [5.74, 6) is 0. The zero-order chi connectivity index (χ0) is 28.2. The maximum absolute atomic E-state index is 5.22. The number of nitrogens with zero attached hydrogens (tertiary/aromatic N) is 6. The molecule has 0 bridgehead atoms. The Kier molecular flexibility index (Phi) is 8.58. The Labute approximate surface area is 245 Å². The number of hydrogen-bond acceptors (Lipinski definition) is 3. The van der Waals surface area contributed by atoms with Crippen molar-refractivity contribution in [1.82, 2.24) is 29.1 Å². The van der Waals surface area contributed by atoms with Crippen LogP contribution in [-0.4, -0.2) is 82.9 Å². The number of aromatic nitrogens is 6. The van der Waals surface area contributed by atoms with Crippen LogP contribution in [-0.2, 0) is 16.2 Å². The summed E-state index contributed by atoms with van der Waals surface area (Å²) in [7, 11) is -0.494. The van der Waals surface area contributed by atoms with Crippen molar-refractivity contribution in [1.29, 1.82) is 0 Å². The molecule has 0 aliphatic heterocycles. The molecular weight excluding hydrogens is 656 g/mol. The van der Waals surface area contributed by atoms with Gasteiger partial charge in [0.15, 0.2) is 0 Å². The molecule has 3 aromatic heterocycles. The fraction of sp³-hybridized carbons (Fsp3) is 0.556. The Morgan fingerprint density at radius 1 is 0.514 bits per heavy atom. The molecule has 3 aromatic rings. The van der Waals surface area contributed by atoms with Gasteiger partial charge in [-0.3, -0.25) is 0 Å². The van der Waals surface area contributed by atoms with Crippen LogP contribution in [0.5, 0.6) is 0 Å². The predicted octanol–water partition coefficient (Wildman–Crippen LogP) is 4.12. The monoisotopic (exact) mass is 698 g/mol. The summed E-state index contributed by atoms with van der Waals surface area (Å²) >= 11 is 9.88. The molecule has 0 saturated carbocycles. The van der Waals surface area contributed by atoms with E-state index in [9.17, 15) is 0 Å². The standard InChI is InChI=1S/C27H39BN6Se3/c1-16-13-19(25(4,5)6)29-32(22(16)35)28(33-23(36)17(2)14-20(30-33)26(7,8)9)34-24(37)18(3)15-21(31-34)27(10,11)12/h13-15H,1-12H3/q-1. The van der Waals surface area contributed by atoms with E-state index in [1.807, 2.05) is 13.8 Å². The second-order valence-electron chi connectivity index (χ2n) is 13.0. The molecule has 0 aliphatic carbocycles. The van der Waals surface area contributed by atoms with Gasteiger partial charge < -0.3 is 0 Å². The van der Waals surface area contributed by atoms with Crippen LogP contribution in [0.2, 0.25) is 0 Å². The van der Waals surface area contributed by atoms with Gasteiger partial charge in [0.1, 0.15) is 0 Å². The molecule has 3 heterocycles. The average Bonchev–Trinajstić information content (AvgIpc) is 2.74. The molecule has 6 nitrogen and oxygen atoms in total. The summed E-state index contributed by atoms with van der Waals surface area (Å²) in [6.45, 7) is 26.1. The summed E-state index contributed by atoms with van der Waals surface area (Å²) in [4.78, 5) is 0. The maximum atomic E-state index is 5.22. The summed E-state index contributed by atoms with van der Waals surface area (Å²) in [6, 6.07) is 6.50. The van der Waals surface area contributed by atoms with Crippen molar-refractivity contribution in [2.75, 3.05) is 0 Å². The van der Waals surface area contributed by atoms with Crippen molar-refractivity contribution >= 4 is 53.8 Å². The number of hydrogen-bond donors (Lipinski definition) is 0. The van der Waals surface area contributed by atoms with Crippen LogP contribution in [0.15, 0.2) is 18.2 Å². The Hall–Kier alpha value is -1.14. The number of aryl methyl sites for hydroxylation is 3. The zero-order valence-electron chi connectivity index (χ0n) is 24.2. The van der Waals surface area contributed by atoms with E-state index in [4.69, 9.17) is 15.3 Å². The van der Waals surface area contributed by atoms with E-state index in [1.165, 1.54) is 0 Å². The minimum atomic E-state index is -0.494. The molecule has 199 valence electrons. The van der Waals surface area contributed by atoms with E-state index >= 15 is 0 Å². The van der Waals surface area contributed by atoms with Crippen LogP contribution in [0.1, 0.15) is 96.1 Å². The molecule has 0 unspecified atom stereocenters. The van der Waals surface area contributed by atoms with Crippen molar-refractivity contribution < 1.29 is 0 Å². The first-order valence-corrected chi connectivity index (χ1v) is 15.1. The molecule has 0 aliphatic rings. The van der Waals surface area contributed by atoms with Gasteiger partial charge in [-0.05, 0) is 0 Å². The summed E-state index contributed by atoms with van der Waals surface area (Å²) in [5, 5.41) is 15.7. The zero-order valence-corrected chi connectivity index (χ0v) is 29.4. The second-order valence-corrected chi connectivity index (χ2v) is 15.4. The predicted molar refractivity (Wildman–Crippen MR) is 156 cm³/mol. The van der Waals surface area contributed by atoms with Crippen molar-refractivity contribution in [2.24, 2.45) is 0 Å². The molecule has 0 N–H and O–H groups in total. The SMILES string of the molecule is Cc1cc(C(C)(C)C)nn([B-](n2nc(C(C)(C)C)cc(C)c2=[Se])n2nc(C(C)(C)C)cc(C)c2=[Se])c1=[Se]. The van der Waals surface area contributed by atoms with Gasteiger partial charge in [0, 0.05) is 0 Å². The first-order valence-electron chi connectivity index (χ1n) is 12.6. The summed E-state index contributed by atoms with van der Waals surface area (Å²) in [5.41, 5.74) is 6.01. The van der Waals surface area contributed by atoms with Crippen LogP contribution >= 0.6 is 0 Å². The molecule has 0 fully saturated rings. The average molecular weight is 695 g/mol. The first-order chi connectivity index (χ1) is 16.7. The fourth-order valence-electron chi connectivity index (χ4n) is 3.79. The van der Waals surface area contributed by atoms with Crippen molar-refractivity contribution in [3.63, 3.8) is 0 Å². The van der Waals surface area contributed by atoms with E-state index in [0.29, 0.717) is 0 Å². The van der Waals surface area contributed by atoms with Gasteiger partial charge >= 0.3 is 247 Å². The van der Waals surface area contributed by atoms with E-state index in [1.54, 1.807) is 0 Å². The third-order valence-corrected chi connectivity index (χ3v) is 9.51. The van der Waals surface area contributed by atoms with Gasteiger partial charge in [-0.15, -0.1) is 0 Å². The molecular formula is C27H39BN6Se3-. The van der Waals surface area contributed by atoms with Crippen molar-refractivity contribution in [2.45, 2.75) is 99.3 Å². The van der Waals surface area contributed by atoms with Gasteiger partial charge in [-0.2, -0.15) is 0 Å². The molecule has 0 amide bonds. The van der Waals surface area contributed by atoms with Gasteiger partial charge in [-0.1, -0.05) is 0 Å². The molecule has 0 saturated heterocycles. The topological polar surface area (TPSA) is 53.5 Å². The molecule has 1 radical (unpaired) electrons. The Morgan fingerprint density at radius 2 is 0.730 bits per heavy atom. The summed E-state index contributed by atoms with van der Waals surface area (Å²) < 4.78 is 8.94. The van der Waals surface area contributed by atoms with E-state index in [0.717, 1.165) is 46.4 Å². The molecule has 0 spiro atoms. The van der Waals surface area contributed by atoms with E-state index in [2.05, 4.69) is 148 Å². The van der Waals surface area contributed by atoms with Crippen LogP contribution in [0.4, 0.5) is 0 Å². The van der Waals surface area contributed by atoms with E-state index < -0.39 is 7.12 Å². The van der Waals surface area contributed by atoms with Gasteiger partial charge in [-0.25, -0.2) is 0 Å². The normalized spacial score (nSPS) is 12.9. The number of rotatable bonds is 3. The van der Waals surface area contributed by atoms with E-state index in [-0.39, 0.29) is 16.2 Å². The van der Waals surface area contributed by atoms with Crippen LogP contribution in [0.25, 0.3) is 0 Å². The quantitative estimate of drug-likeness (QED) is 0.388. The Morgan fingerprint density at radius 3 is 0.919 bits per heavy atom. The van der Waals surface area contributed by atoms with Crippen molar-refractivity contribution in [3.05, 3.63) is 64.6 Å². The van der Waals surface area contributed by atoms with Gasteiger partial charge in [0.05, 0.1) is 0 Å². The molecule has 37 heavy (non-hydrogen) atoms. The third-order valence-electron chi connectivity index (χ3n) is 6.30. The van der Waals surface area contributed by atoms with Crippen LogP contribution in [0, 0.1) is 33.4 Å². The minimum absolute atomic E-state index is 0.129. The van der Waals surface area contributed by atoms with Crippen LogP contribution in [0.3, 0.4) is 0 Å². The molecule has 0 aromatic carbocycles. The second kappa shape index (κ2) is 10.4. The Bertz CT molecular complexity index is 1340. The molecule has 3 rings (SSSR count). The molecule has 0 atom stereocenters. The van der Waals surface area contributed by atoms with Crippen molar-refractivity contribution in [3.8, 4) is 0 Å².